The zero-order valence-electron chi connectivity index (χ0n) is 7.79. The standard InChI is InChI=1S/C10H8N4O/c15-10(8-1-4-11-5-2-8)14-9-3-6-12-7-13-9/h1-7H,(H,12,13,14,15). The largest absolute Gasteiger partial charge is 0.306 e. The van der Waals surface area contributed by atoms with Crippen LogP contribution < -0.4 is 5.32 Å². The van der Waals surface area contributed by atoms with Crippen molar-refractivity contribution < 1.29 is 4.79 Å². The minimum Gasteiger partial charge on any atom is -0.306 e. The molecule has 0 aliphatic carbocycles. The molecule has 0 fully saturated rings. The lowest BCUT2D eigenvalue weighted by atomic mass is 10.2. The molecule has 0 bridgehead atoms. The predicted octanol–water partition coefficient (Wildman–Crippen LogP) is 1.12. The zero-order chi connectivity index (χ0) is 10.5. The van der Waals surface area contributed by atoms with Gasteiger partial charge in [0.2, 0.25) is 0 Å². The van der Waals surface area contributed by atoms with Crippen LogP contribution in [0.15, 0.2) is 43.1 Å². The first-order chi connectivity index (χ1) is 7.36. The van der Waals surface area contributed by atoms with E-state index in [-0.39, 0.29) is 5.91 Å². The molecule has 0 saturated carbocycles. The highest BCUT2D eigenvalue weighted by Gasteiger charge is 2.04. The molecule has 1 N–H and O–H groups in total. The molecule has 0 atom stereocenters. The number of nitrogens with one attached hydrogen (secondary N) is 1. The van der Waals surface area contributed by atoms with Crippen LogP contribution >= 0.6 is 0 Å². The quantitative estimate of drug-likeness (QED) is 0.788. The summed E-state index contributed by atoms with van der Waals surface area (Å²) in [6.07, 6.45) is 6.07. The van der Waals surface area contributed by atoms with Crippen molar-refractivity contribution in [3.8, 4) is 0 Å². The Bertz CT molecular complexity index is 443. The Hall–Kier alpha value is -2.30. The molecule has 0 unspecified atom stereocenters. The number of carbonyl (C=O) groups excluding carboxylic acids is 1. The first-order valence-corrected chi connectivity index (χ1v) is 4.33. The van der Waals surface area contributed by atoms with Crippen molar-refractivity contribution >= 4 is 11.7 Å². The molecule has 0 aromatic carbocycles. The van der Waals surface area contributed by atoms with Crippen molar-refractivity contribution in [1.29, 1.82) is 0 Å². The third-order valence-electron chi connectivity index (χ3n) is 1.77. The van der Waals surface area contributed by atoms with Gasteiger partial charge in [-0.05, 0) is 18.2 Å². The molecule has 1 amide bonds. The summed E-state index contributed by atoms with van der Waals surface area (Å²) in [4.78, 5) is 23.1. The van der Waals surface area contributed by atoms with E-state index in [9.17, 15) is 4.79 Å². The maximum Gasteiger partial charge on any atom is 0.256 e. The fraction of sp³-hybridized carbons (Fsp3) is 0. The third-order valence-corrected chi connectivity index (χ3v) is 1.77. The van der Waals surface area contributed by atoms with Gasteiger partial charge < -0.3 is 5.32 Å². The zero-order valence-corrected chi connectivity index (χ0v) is 7.79. The SMILES string of the molecule is O=C(Nc1ccncn1)c1ccncc1. The monoisotopic (exact) mass is 200 g/mol. The lowest BCUT2D eigenvalue weighted by Crippen LogP contribution is -2.12. The summed E-state index contributed by atoms with van der Waals surface area (Å²) in [5.41, 5.74) is 0.545. The Morgan fingerprint density at radius 3 is 2.47 bits per heavy atom. The van der Waals surface area contributed by atoms with Crippen LogP contribution in [0.3, 0.4) is 0 Å². The number of hydrogen-bond donors (Lipinski definition) is 1. The first kappa shape index (κ1) is 9.26. The number of anilines is 1. The maximum atomic E-state index is 11.6. The molecule has 0 radical (unpaired) electrons. The lowest BCUT2D eigenvalue weighted by molar-refractivity contribution is 0.102. The van der Waals surface area contributed by atoms with Gasteiger partial charge in [0.15, 0.2) is 0 Å². The second-order valence-electron chi connectivity index (χ2n) is 2.78. The normalized spacial score (nSPS) is 9.60. The number of aromatic nitrogens is 3. The topological polar surface area (TPSA) is 67.8 Å². The lowest BCUT2D eigenvalue weighted by Gasteiger charge is -2.02. The molecule has 2 aromatic rings. The van der Waals surface area contributed by atoms with Crippen LogP contribution in [-0.4, -0.2) is 20.9 Å². The average Bonchev–Trinajstić information content (AvgIpc) is 2.31. The van der Waals surface area contributed by atoms with Crippen molar-refractivity contribution in [1.82, 2.24) is 15.0 Å². The molecule has 2 aromatic heterocycles. The molecule has 0 saturated heterocycles. The Balaban J connectivity index is 2.12. The maximum absolute atomic E-state index is 11.6. The molecule has 0 aliphatic heterocycles. The van der Waals surface area contributed by atoms with Gasteiger partial charge in [0.1, 0.15) is 12.1 Å². The molecule has 74 valence electrons. The van der Waals surface area contributed by atoms with Gasteiger partial charge >= 0.3 is 0 Å². The minimum absolute atomic E-state index is 0.212. The van der Waals surface area contributed by atoms with Crippen molar-refractivity contribution in [3.63, 3.8) is 0 Å². The van der Waals surface area contributed by atoms with Gasteiger partial charge in [0, 0.05) is 24.2 Å². The molecule has 5 heteroatoms. The van der Waals surface area contributed by atoms with E-state index in [2.05, 4.69) is 20.3 Å². The number of hydrogen-bond acceptors (Lipinski definition) is 4. The van der Waals surface area contributed by atoms with Crippen LogP contribution in [0.5, 0.6) is 0 Å². The predicted molar refractivity (Wildman–Crippen MR) is 54.2 cm³/mol. The highest BCUT2D eigenvalue weighted by Crippen LogP contribution is 2.03. The van der Waals surface area contributed by atoms with Gasteiger partial charge in [0.25, 0.3) is 5.91 Å². The third kappa shape index (κ3) is 2.34. The highest BCUT2D eigenvalue weighted by molar-refractivity contribution is 6.03. The Morgan fingerprint density at radius 2 is 1.80 bits per heavy atom. The molecule has 15 heavy (non-hydrogen) atoms. The summed E-state index contributed by atoms with van der Waals surface area (Å²) in [6, 6.07) is 4.89. The van der Waals surface area contributed by atoms with Crippen molar-refractivity contribution in [2.45, 2.75) is 0 Å². The number of rotatable bonds is 2. The van der Waals surface area contributed by atoms with E-state index in [1.165, 1.54) is 6.33 Å². The number of amides is 1. The van der Waals surface area contributed by atoms with Crippen LogP contribution in [0.4, 0.5) is 5.82 Å². The van der Waals surface area contributed by atoms with E-state index in [0.29, 0.717) is 11.4 Å². The summed E-state index contributed by atoms with van der Waals surface area (Å²) >= 11 is 0. The van der Waals surface area contributed by atoms with Gasteiger partial charge in [-0.1, -0.05) is 0 Å². The van der Waals surface area contributed by atoms with E-state index >= 15 is 0 Å². The van der Waals surface area contributed by atoms with E-state index in [1.54, 1.807) is 36.8 Å². The summed E-state index contributed by atoms with van der Waals surface area (Å²) in [5, 5.41) is 2.64. The van der Waals surface area contributed by atoms with Crippen LogP contribution in [0, 0.1) is 0 Å². The van der Waals surface area contributed by atoms with Gasteiger partial charge in [0.05, 0.1) is 0 Å². The van der Waals surface area contributed by atoms with E-state index < -0.39 is 0 Å². The van der Waals surface area contributed by atoms with Crippen molar-refractivity contribution in [2.24, 2.45) is 0 Å². The molecule has 2 rings (SSSR count). The smallest absolute Gasteiger partial charge is 0.256 e. The molecule has 5 nitrogen and oxygen atoms in total. The number of nitrogens with zero attached hydrogens (tertiary/aromatic N) is 3. The first-order valence-electron chi connectivity index (χ1n) is 4.33. The van der Waals surface area contributed by atoms with E-state index in [1.807, 2.05) is 0 Å². The van der Waals surface area contributed by atoms with Gasteiger partial charge in [-0.15, -0.1) is 0 Å². The van der Waals surface area contributed by atoms with Gasteiger partial charge in [-0.25, -0.2) is 9.97 Å². The molecule has 0 spiro atoms. The van der Waals surface area contributed by atoms with Crippen molar-refractivity contribution in [3.05, 3.63) is 48.7 Å². The van der Waals surface area contributed by atoms with Crippen LogP contribution in [-0.2, 0) is 0 Å². The van der Waals surface area contributed by atoms with E-state index in [0.717, 1.165) is 0 Å². The Labute approximate surface area is 86.2 Å². The average molecular weight is 200 g/mol. The van der Waals surface area contributed by atoms with Gasteiger partial charge in [-0.3, -0.25) is 9.78 Å². The highest BCUT2D eigenvalue weighted by atomic mass is 16.1. The van der Waals surface area contributed by atoms with Crippen LogP contribution in [0.2, 0.25) is 0 Å². The fourth-order valence-corrected chi connectivity index (χ4v) is 1.06. The summed E-state index contributed by atoms with van der Waals surface area (Å²) in [7, 11) is 0. The molecule has 0 aliphatic rings. The summed E-state index contributed by atoms with van der Waals surface area (Å²) in [6.45, 7) is 0. The van der Waals surface area contributed by atoms with Crippen LogP contribution in [0.25, 0.3) is 0 Å². The van der Waals surface area contributed by atoms with Gasteiger partial charge in [-0.2, -0.15) is 0 Å². The minimum atomic E-state index is -0.212. The Kier molecular flexibility index (Phi) is 2.64. The Morgan fingerprint density at radius 1 is 1.07 bits per heavy atom. The van der Waals surface area contributed by atoms with E-state index in [4.69, 9.17) is 0 Å². The van der Waals surface area contributed by atoms with Crippen molar-refractivity contribution in [2.75, 3.05) is 5.32 Å². The molecule has 2 heterocycles. The van der Waals surface area contributed by atoms with Crippen LogP contribution in [0.1, 0.15) is 10.4 Å². The molecular weight excluding hydrogens is 192 g/mol. The number of pyridine rings is 1. The summed E-state index contributed by atoms with van der Waals surface area (Å²) in [5.74, 6) is 0.267. The number of carbonyl (C=O) groups is 1. The second kappa shape index (κ2) is 4.28. The second-order valence-corrected chi connectivity index (χ2v) is 2.78. The molecular formula is C10H8N4O. The summed E-state index contributed by atoms with van der Waals surface area (Å²) < 4.78 is 0. The fourth-order valence-electron chi connectivity index (χ4n) is 1.06.